The number of Topliss-reactive ketones (excluding diaryl/α,β-unsaturated/α-hetero) is 1. The van der Waals surface area contributed by atoms with Gasteiger partial charge in [-0.1, -0.05) is 24.2 Å². The molecule has 4 rings (SSSR count). The van der Waals surface area contributed by atoms with Crippen LogP contribution in [0.1, 0.15) is 43.2 Å². The van der Waals surface area contributed by atoms with Crippen LogP contribution in [-0.4, -0.2) is 25.5 Å². The van der Waals surface area contributed by atoms with Crippen molar-refractivity contribution in [3.05, 3.63) is 81.9 Å². The van der Waals surface area contributed by atoms with Crippen LogP contribution in [0.15, 0.2) is 59.9 Å². The minimum atomic E-state index is -0.756. The van der Waals surface area contributed by atoms with Gasteiger partial charge in [0.05, 0.1) is 18.7 Å². The Bertz CT molecular complexity index is 1210. The van der Waals surface area contributed by atoms with E-state index < -0.39 is 23.6 Å². The number of allylic oxidation sites excluding steroid dienone is 2. The molecule has 2 aliphatic rings. The molecule has 2 aromatic carbocycles. The first-order chi connectivity index (χ1) is 16.8. The average molecular weight is 500 g/mol. The Morgan fingerprint density at radius 1 is 1.23 bits per heavy atom. The van der Waals surface area contributed by atoms with Crippen LogP contribution in [0.5, 0.6) is 11.5 Å². The lowest BCUT2D eigenvalue weighted by atomic mass is 9.71. The molecule has 0 radical (unpaired) electrons. The van der Waals surface area contributed by atoms with Crippen LogP contribution >= 0.6 is 11.6 Å². The van der Waals surface area contributed by atoms with Crippen LogP contribution in [0.4, 0.5) is 4.39 Å². The first-order valence-corrected chi connectivity index (χ1v) is 11.8. The first-order valence-electron chi connectivity index (χ1n) is 11.5. The molecule has 1 heterocycles. The maximum absolute atomic E-state index is 13.5. The molecule has 1 aliphatic heterocycles. The van der Waals surface area contributed by atoms with E-state index in [0.717, 1.165) is 17.7 Å². The number of hydrogen-bond donors (Lipinski definition) is 1. The highest BCUT2D eigenvalue weighted by atomic mass is 35.5. The molecule has 0 amide bonds. The van der Waals surface area contributed by atoms with Crippen molar-refractivity contribution in [2.24, 2.45) is 5.92 Å². The second-order valence-corrected chi connectivity index (χ2v) is 8.87. The number of methoxy groups -OCH3 is 1. The van der Waals surface area contributed by atoms with Gasteiger partial charge < -0.3 is 19.5 Å². The van der Waals surface area contributed by atoms with Gasteiger partial charge in [0.2, 0.25) is 0 Å². The molecule has 2 unspecified atom stereocenters. The Labute approximate surface area is 208 Å². The minimum absolute atomic E-state index is 0.0140. The number of carbonyl (C=O) groups excluding carboxylic acids is 2. The summed E-state index contributed by atoms with van der Waals surface area (Å²) >= 11 is 5.87. The number of carbonyl (C=O) groups is 2. The van der Waals surface area contributed by atoms with E-state index in [9.17, 15) is 14.0 Å². The van der Waals surface area contributed by atoms with Crippen molar-refractivity contribution in [2.75, 3.05) is 13.7 Å². The number of rotatable bonds is 7. The van der Waals surface area contributed by atoms with Gasteiger partial charge in [0.15, 0.2) is 5.78 Å². The standard InChI is InChI=1S/C27H27ClFNO5/c1-4-34-27(32)24-15(2)30-21-6-5-7-22(31)26(21)25(24)16-8-11-23(33-3)17(12-16)14-35-18-9-10-20(29)19(28)13-18/h8-13,24-25,30H,2,4-7,14H2,1,3H3. The van der Waals surface area contributed by atoms with Crippen molar-refractivity contribution in [3.63, 3.8) is 0 Å². The third kappa shape index (κ3) is 5.05. The van der Waals surface area contributed by atoms with Crippen LogP contribution in [0.25, 0.3) is 0 Å². The average Bonchev–Trinajstić information content (AvgIpc) is 2.84. The van der Waals surface area contributed by atoms with Crippen molar-refractivity contribution in [2.45, 2.75) is 38.7 Å². The quantitative estimate of drug-likeness (QED) is 0.510. The Kier molecular flexibility index (Phi) is 7.45. The highest BCUT2D eigenvalue weighted by Gasteiger charge is 2.44. The molecule has 2 atom stereocenters. The van der Waals surface area contributed by atoms with E-state index in [4.69, 9.17) is 25.8 Å². The Hall–Kier alpha value is -3.32. The molecule has 2 aromatic rings. The highest BCUT2D eigenvalue weighted by Crippen LogP contribution is 2.45. The maximum Gasteiger partial charge on any atom is 0.315 e. The molecule has 1 aliphatic carbocycles. The normalized spacial score (nSPS) is 19.7. The molecule has 184 valence electrons. The lowest BCUT2D eigenvalue weighted by molar-refractivity contribution is -0.147. The van der Waals surface area contributed by atoms with Gasteiger partial charge in [-0.3, -0.25) is 9.59 Å². The molecule has 0 fully saturated rings. The van der Waals surface area contributed by atoms with Gasteiger partial charge in [-0.15, -0.1) is 0 Å². The fraction of sp³-hybridized carbons (Fsp3) is 0.333. The molecular formula is C27H27ClFNO5. The summed E-state index contributed by atoms with van der Waals surface area (Å²) in [6, 6.07) is 9.62. The number of ketones is 1. The Morgan fingerprint density at radius 3 is 2.74 bits per heavy atom. The second-order valence-electron chi connectivity index (χ2n) is 8.46. The fourth-order valence-corrected chi connectivity index (χ4v) is 4.87. The van der Waals surface area contributed by atoms with Crippen molar-refractivity contribution in [1.29, 1.82) is 0 Å². The minimum Gasteiger partial charge on any atom is -0.496 e. The van der Waals surface area contributed by atoms with Crippen molar-refractivity contribution in [3.8, 4) is 11.5 Å². The summed E-state index contributed by atoms with van der Waals surface area (Å²) in [5.41, 5.74) is 3.37. The maximum atomic E-state index is 13.5. The van der Waals surface area contributed by atoms with Gasteiger partial charge in [-0.25, -0.2) is 4.39 Å². The van der Waals surface area contributed by atoms with Crippen LogP contribution in [0, 0.1) is 11.7 Å². The summed E-state index contributed by atoms with van der Waals surface area (Å²) < 4.78 is 30.2. The fourth-order valence-electron chi connectivity index (χ4n) is 4.70. The van der Waals surface area contributed by atoms with Crippen LogP contribution in [0.3, 0.4) is 0 Å². The van der Waals surface area contributed by atoms with Gasteiger partial charge in [-0.05, 0) is 49.6 Å². The third-order valence-electron chi connectivity index (χ3n) is 6.28. The van der Waals surface area contributed by atoms with E-state index in [1.54, 1.807) is 20.1 Å². The zero-order chi connectivity index (χ0) is 25.1. The second kappa shape index (κ2) is 10.5. The number of esters is 1. The molecule has 0 saturated carbocycles. The molecular weight excluding hydrogens is 473 g/mol. The number of halogens is 2. The van der Waals surface area contributed by atoms with Crippen molar-refractivity contribution in [1.82, 2.24) is 5.32 Å². The Morgan fingerprint density at radius 2 is 2.03 bits per heavy atom. The van der Waals surface area contributed by atoms with Crippen LogP contribution < -0.4 is 14.8 Å². The first kappa shape index (κ1) is 24.8. The zero-order valence-electron chi connectivity index (χ0n) is 19.7. The summed E-state index contributed by atoms with van der Waals surface area (Å²) in [5.74, 6) is -1.28. The number of ether oxygens (including phenoxy) is 3. The molecule has 0 saturated heterocycles. The van der Waals surface area contributed by atoms with Gasteiger partial charge in [-0.2, -0.15) is 0 Å². The smallest absolute Gasteiger partial charge is 0.315 e. The SMILES string of the molecule is C=C1NC2=C(C(=O)CCC2)C(c2ccc(OC)c(COc3ccc(F)c(Cl)c3)c2)C1C(=O)OCC. The van der Waals surface area contributed by atoms with Gasteiger partial charge in [0.1, 0.15) is 29.8 Å². The van der Waals surface area contributed by atoms with Crippen molar-refractivity contribution >= 4 is 23.4 Å². The largest absolute Gasteiger partial charge is 0.496 e. The molecule has 0 spiro atoms. The molecule has 0 bridgehead atoms. The van der Waals surface area contributed by atoms with Gasteiger partial charge in [0.25, 0.3) is 0 Å². The highest BCUT2D eigenvalue weighted by molar-refractivity contribution is 6.30. The summed E-state index contributed by atoms with van der Waals surface area (Å²) in [7, 11) is 1.55. The van der Waals surface area contributed by atoms with E-state index in [-0.39, 0.29) is 24.0 Å². The van der Waals surface area contributed by atoms with E-state index in [2.05, 4.69) is 11.9 Å². The lowest BCUT2D eigenvalue weighted by Gasteiger charge is -2.38. The predicted molar refractivity (Wildman–Crippen MR) is 130 cm³/mol. The number of nitrogens with one attached hydrogen (secondary N) is 1. The Balaban J connectivity index is 1.74. The van der Waals surface area contributed by atoms with Gasteiger partial charge in [0, 0.05) is 40.9 Å². The predicted octanol–water partition coefficient (Wildman–Crippen LogP) is 5.45. The zero-order valence-corrected chi connectivity index (χ0v) is 20.4. The third-order valence-corrected chi connectivity index (χ3v) is 6.57. The van der Waals surface area contributed by atoms with E-state index in [1.807, 2.05) is 12.1 Å². The molecule has 35 heavy (non-hydrogen) atoms. The molecule has 8 heteroatoms. The summed E-state index contributed by atoms with van der Waals surface area (Å²) in [4.78, 5) is 26.1. The summed E-state index contributed by atoms with van der Waals surface area (Å²) in [6.45, 7) is 6.16. The number of benzene rings is 2. The van der Waals surface area contributed by atoms with Crippen LogP contribution in [-0.2, 0) is 20.9 Å². The van der Waals surface area contributed by atoms with Crippen molar-refractivity contribution < 1.29 is 28.2 Å². The molecule has 6 nitrogen and oxygen atoms in total. The van der Waals surface area contributed by atoms with Gasteiger partial charge >= 0.3 is 5.97 Å². The summed E-state index contributed by atoms with van der Waals surface area (Å²) in [5, 5.41) is 3.16. The van der Waals surface area contributed by atoms with Crippen LogP contribution in [0.2, 0.25) is 5.02 Å². The molecule has 1 N–H and O–H groups in total. The monoisotopic (exact) mass is 499 g/mol. The van der Waals surface area contributed by atoms with E-state index in [1.165, 1.54) is 18.2 Å². The number of hydrogen-bond acceptors (Lipinski definition) is 6. The van der Waals surface area contributed by atoms with E-state index >= 15 is 0 Å². The topological polar surface area (TPSA) is 73.9 Å². The molecule has 0 aromatic heterocycles. The summed E-state index contributed by atoms with van der Waals surface area (Å²) in [6.07, 6.45) is 1.89. The van der Waals surface area contributed by atoms with E-state index in [0.29, 0.717) is 41.2 Å². The lowest BCUT2D eigenvalue weighted by Crippen LogP contribution is -2.41.